The van der Waals surface area contributed by atoms with Crippen LogP contribution in [0, 0.1) is 0 Å². The number of rotatable bonds is 6. The third-order valence-electron chi connectivity index (χ3n) is 7.09. The van der Waals surface area contributed by atoms with Gasteiger partial charge in [0.25, 0.3) is 0 Å². The summed E-state index contributed by atoms with van der Waals surface area (Å²) in [6, 6.07) is 9.76. The van der Waals surface area contributed by atoms with Gasteiger partial charge < -0.3 is 24.0 Å². The molecule has 0 saturated carbocycles. The van der Waals surface area contributed by atoms with Crippen LogP contribution < -0.4 is 4.74 Å². The fraction of sp³-hybridized carbons (Fsp3) is 0.440. The van der Waals surface area contributed by atoms with Crippen LogP contribution in [0.5, 0.6) is 5.75 Å². The molecule has 0 radical (unpaired) electrons. The number of methoxy groups -OCH3 is 2. The number of hydrogen-bond donors (Lipinski definition) is 1. The maximum Gasteiger partial charge on any atom is 0.249 e. The summed E-state index contributed by atoms with van der Waals surface area (Å²) in [5.41, 5.74) is 4.25. The second kappa shape index (κ2) is 8.44. The van der Waals surface area contributed by atoms with Gasteiger partial charge in [0.2, 0.25) is 5.91 Å². The summed E-state index contributed by atoms with van der Waals surface area (Å²) >= 11 is 0. The van der Waals surface area contributed by atoms with Crippen LogP contribution in [0.1, 0.15) is 22.9 Å². The second-order valence-corrected chi connectivity index (χ2v) is 9.14. The minimum atomic E-state index is -0.413. The van der Waals surface area contributed by atoms with E-state index in [1.807, 2.05) is 36.3 Å². The highest BCUT2D eigenvalue weighted by Gasteiger charge is 2.54. The van der Waals surface area contributed by atoms with E-state index in [2.05, 4.69) is 26.6 Å². The van der Waals surface area contributed by atoms with Crippen LogP contribution in [0.4, 0.5) is 0 Å². The van der Waals surface area contributed by atoms with Crippen LogP contribution in [0.15, 0.2) is 42.7 Å². The van der Waals surface area contributed by atoms with Crippen LogP contribution in [0.3, 0.4) is 0 Å². The number of benzene rings is 1. The molecule has 3 aromatic rings. The van der Waals surface area contributed by atoms with Crippen LogP contribution in [-0.2, 0) is 28.5 Å². The Kier molecular flexibility index (Phi) is 5.60. The molecule has 2 aliphatic heterocycles. The van der Waals surface area contributed by atoms with Gasteiger partial charge in [-0.3, -0.25) is 14.7 Å². The Morgan fingerprint density at radius 2 is 2.06 bits per heavy atom. The summed E-state index contributed by atoms with van der Waals surface area (Å²) in [7, 11) is 5.20. The van der Waals surface area contributed by atoms with Crippen LogP contribution in [0.2, 0.25) is 0 Å². The Bertz CT molecular complexity index is 1170. The summed E-state index contributed by atoms with van der Waals surface area (Å²) in [6.07, 6.45) is 3.69. The minimum Gasteiger partial charge on any atom is -0.497 e. The predicted molar refractivity (Wildman–Crippen MR) is 124 cm³/mol. The highest BCUT2D eigenvalue weighted by molar-refractivity contribution is 5.90. The zero-order valence-electron chi connectivity index (χ0n) is 19.3. The summed E-state index contributed by atoms with van der Waals surface area (Å²) in [4.78, 5) is 21.5. The molecule has 0 bridgehead atoms. The fourth-order valence-corrected chi connectivity index (χ4v) is 5.76. The smallest absolute Gasteiger partial charge is 0.249 e. The summed E-state index contributed by atoms with van der Waals surface area (Å²) in [5.74, 6) is 0.685. The van der Waals surface area contributed by atoms with E-state index >= 15 is 0 Å². The molecule has 1 spiro atoms. The average Bonchev–Trinajstić information content (AvgIpc) is 3.11. The standard InChI is InChI=1S/C25H30N4O4/c1-27-20-9-18(33-3)6-7-19(20)23-24(27)21(12-30)29(22(31)13-32-2)16-25(23)14-28(15-25)11-17-5-4-8-26-10-17/h4-10,21,30H,11-16H2,1-3H3/t21-/m0/s1. The first-order chi connectivity index (χ1) is 16.0. The molecule has 1 aromatic carbocycles. The zero-order valence-corrected chi connectivity index (χ0v) is 19.3. The van der Waals surface area contributed by atoms with Gasteiger partial charge in [0, 0.05) is 75.3 Å². The number of pyridine rings is 1. The highest BCUT2D eigenvalue weighted by atomic mass is 16.5. The average molecular weight is 451 g/mol. The molecule has 2 aromatic heterocycles. The van der Waals surface area contributed by atoms with Crippen molar-refractivity contribution in [1.29, 1.82) is 0 Å². The number of amides is 1. The minimum absolute atomic E-state index is 0.000915. The molecule has 1 atom stereocenters. The SMILES string of the molecule is COCC(=O)N1CC2(CN(Cc3cccnc3)C2)c2c(n(C)c3cc(OC)ccc23)[C@@H]1CO. The highest BCUT2D eigenvalue weighted by Crippen LogP contribution is 2.49. The second-order valence-electron chi connectivity index (χ2n) is 9.14. The molecule has 8 nitrogen and oxygen atoms in total. The molecule has 2 aliphatic rings. The molecule has 0 aliphatic carbocycles. The van der Waals surface area contributed by atoms with Gasteiger partial charge in [0.15, 0.2) is 0 Å². The molecule has 5 rings (SSSR count). The van der Waals surface area contributed by atoms with Gasteiger partial charge in [0.05, 0.1) is 25.3 Å². The van der Waals surface area contributed by atoms with Crippen molar-refractivity contribution in [1.82, 2.24) is 19.4 Å². The number of aliphatic hydroxyl groups is 1. The molecular weight excluding hydrogens is 420 g/mol. The lowest BCUT2D eigenvalue weighted by Gasteiger charge is -2.56. The van der Waals surface area contributed by atoms with Gasteiger partial charge in [0.1, 0.15) is 12.4 Å². The lowest BCUT2D eigenvalue weighted by atomic mass is 9.68. The van der Waals surface area contributed by atoms with Gasteiger partial charge in [-0.05, 0) is 29.3 Å². The van der Waals surface area contributed by atoms with Crippen molar-refractivity contribution in [3.05, 3.63) is 59.5 Å². The first kappa shape index (κ1) is 21.9. The summed E-state index contributed by atoms with van der Waals surface area (Å²) in [6.45, 7) is 2.89. The van der Waals surface area contributed by atoms with Crippen molar-refractivity contribution in [3.8, 4) is 5.75 Å². The Balaban J connectivity index is 1.59. The Labute approximate surface area is 193 Å². The molecule has 33 heavy (non-hydrogen) atoms. The number of nitrogens with zero attached hydrogens (tertiary/aromatic N) is 4. The van der Waals surface area contributed by atoms with Gasteiger partial charge in [-0.15, -0.1) is 0 Å². The van der Waals surface area contributed by atoms with E-state index in [1.54, 1.807) is 13.3 Å². The molecule has 1 saturated heterocycles. The van der Waals surface area contributed by atoms with Crippen molar-refractivity contribution in [2.45, 2.75) is 18.0 Å². The molecule has 1 fully saturated rings. The third-order valence-corrected chi connectivity index (χ3v) is 7.09. The number of carbonyl (C=O) groups is 1. The van der Waals surface area contributed by atoms with E-state index < -0.39 is 6.04 Å². The zero-order chi connectivity index (χ0) is 23.2. The molecule has 0 unspecified atom stereocenters. The number of carbonyl (C=O) groups excluding carboxylic acids is 1. The number of likely N-dealkylation sites (tertiary alicyclic amines) is 1. The number of aromatic nitrogens is 2. The normalized spacial score (nSPS) is 19.5. The fourth-order valence-electron chi connectivity index (χ4n) is 5.76. The number of aliphatic hydroxyl groups excluding tert-OH is 1. The van der Waals surface area contributed by atoms with Crippen LogP contribution in [0.25, 0.3) is 10.9 Å². The molecular formula is C25H30N4O4. The topological polar surface area (TPSA) is 80.1 Å². The predicted octanol–water partition coefficient (Wildman–Crippen LogP) is 1.86. The van der Waals surface area contributed by atoms with Gasteiger partial charge in [-0.25, -0.2) is 0 Å². The van der Waals surface area contributed by atoms with E-state index in [4.69, 9.17) is 9.47 Å². The van der Waals surface area contributed by atoms with Gasteiger partial charge >= 0.3 is 0 Å². The maximum absolute atomic E-state index is 13.0. The maximum atomic E-state index is 13.0. The van der Waals surface area contributed by atoms with Gasteiger partial charge in [-0.2, -0.15) is 0 Å². The molecule has 8 heteroatoms. The first-order valence-corrected chi connectivity index (χ1v) is 11.2. The van der Waals surface area contributed by atoms with E-state index in [-0.39, 0.29) is 24.5 Å². The number of fused-ring (bicyclic) bond motifs is 4. The lowest BCUT2D eigenvalue weighted by molar-refractivity contribution is -0.143. The quantitative estimate of drug-likeness (QED) is 0.618. The first-order valence-electron chi connectivity index (χ1n) is 11.2. The lowest BCUT2D eigenvalue weighted by Crippen LogP contribution is -2.67. The van der Waals surface area contributed by atoms with Crippen LogP contribution in [-0.4, -0.2) is 77.4 Å². The third kappa shape index (κ3) is 3.49. The molecule has 174 valence electrons. The monoisotopic (exact) mass is 450 g/mol. The number of hydrogen-bond acceptors (Lipinski definition) is 6. The van der Waals surface area contributed by atoms with Crippen molar-refractivity contribution in [2.75, 3.05) is 47.1 Å². The molecule has 1 N–H and O–H groups in total. The van der Waals surface area contributed by atoms with E-state index in [9.17, 15) is 9.90 Å². The molecule has 1 amide bonds. The van der Waals surface area contributed by atoms with Crippen molar-refractivity contribution >= 4 is 16.8 Å². The Morgan fingerprint density at radius 1 is 1.24 bits per heavy atom. The Morgan fingerprint density at radius 3 is 2.73 bits per heavy atom. The van der Waals surface area contributed by atoms with E-state index in [0.29, 0.717) is 6.54 Å². The van der Waals surface area contributed by atoms with Crippen molar-refractivity contribution in [3.63, 3.8) is 0 Å². The molecule has 4 heterocycles. The van der Waals surface area contributed by atoms with E-state index in [0.717, 1.165) is 42.0 Å². The Hall–Kier alpha value is -2.94. The number of aryl methyl sites for hydroxylation is 1. The summed E-state index contributed by atoms with van der Waals surface area (Å²) in [5, 5.41) is 11.6. The van der Waals surface area contributed by atoms with Crippen molar-refractivity contribution < 1.29 is 19.4 Å². The van der Waals surface area contributed by atoms with E-state index in [1.165, 1.54) is 18.2 Å². The van der Waals surface area contributed by atoms with Crippen LogP contribution >= 0.6 is 0 Å². The summed E-state index contributed by atoms with van der Waals surface area (Å²) < 4.78 is 12.8. The van der Waals surface area contributed by atoms with Gasteiger partial charge in [-0.1, -0.05) is 6.07 Å². The van der Waals surface area contributed by atoms with Crippen molar-refractivity contribution in [2.24, 2.45) is 7.05 Å². The largest absolute Gasteiger partial charge is 0.497 e. The number of ether oxygens (including phenoxy) is 2.